The minimum atomic E-state index is -1.17. The Morgan fingerprint density at radius 1 is 1.41 bits per heavy atom. The summed E-state index contributed by atoms with van der Waals surface area (Å²) < 4.78 is 18.4. The number of methoxy groups -OCH3 is 1. The van der Waals surface area contributed by atoms with Gasteiger partial charge in [0.15, 0.2) is 5.69 Å². The maximum atomic E-state index is 13.2. The third kappa shape index (κ3) is 1.91. The topological polar surface area (TPSA) is 59.4 Å². The first kappa shape index (κ1) is 11.3. The number of fused-ring (bicyclic) bond motifs is 1. The molecule has 0 bridgehead atoms. The highest BCUT2D eigenvalue weighted by atomic mass is 19.1. The molecule has 1 aromatic heterocycles. The minimum Gasteiger partial charge on any atom is -0.496 e. The van der Waals surface area contributed by atoms with Crippen LogP contribution in [-0.2, 0) is 0 Å². The number of aryl methyl sites for hydroxylation is 1. The van der Waals surface area contributed by atoms with Gasteiger partial charge in [0.05, 0.1) is 12.6 Å². The molecule has 0 saturated carbocycles. The summed E-state index contributed by atoms with van der Waals surface area (Å²) in [7, 11) is 1.43. The van der Waals surface area contributed by atoms with Crippen LogP contribution >= 0.6 is 0 Å². The minimum absolute atomic E-state index is 0.167. The largest absolute Gasteiger partial charge is 0.496 e. The Labute approximate surface area is 96.7 Å². The smallest absolute Gasteiger partial charge is 0.354 e. The number of hydrogen-bond donors (Lipinski definition) is 1. The van der Waals surface area contributed by atoms with Gasteiger partial charge in [-0.05, 0) is 18.6 Å². The summed E-state index contributed by atoms with van der Waals surface area (Å²) >= 11 is 0. The molecule has 0 aliphatic heterocycles. The third-order valence-electron chi connectivity index (χ3n) is 2.47. The lowest BCUT2D eigenvalue weighted by molar-refractivity contribution is 0.0690. The molecule has 0 unspecified atom stereocenters. The van der Waals surface area contributed by atoms with Crippen LogP contribution in [0, 0.1) is 12.7 Å². The van der Waals surface area contributed by atoms with Gasteiger partial charge in [0.1, 0.15) is 11.6 Å². The second-order valence-corrected chi connectivity index (χ2v) is 3.63. The molecule has 0 radical (unpaired) electrons. The van der Waals surface area contributed by atoms with Crippen LogP contribution in [0.25, 0.3) is 10.9 Å². The quantitative estimate of drug-likeness (QED) is 0.868. The monoisotopic (exact) mass is 235 g/mol. The zero-order valence-corrected chi connectivity index (χ0v) is 9.32. The second-order valence-electron chi connectivity index (χ2n) is 3.63. The van der Waals surface area contributed by atoms with Crippen LogP contribution in [0.4, 0.5) is 4.39 Å². The molecule has 17 heavy (non-hydrogen) atoms. The second kappa shape index (κ2) is 4.01. The van der Waals surface area contributed by atoms with Gasteiger partial charge in [-0.15, -0.1) is 0 Å². The lowest BCUT2D eigenvalue weighted by Gasteiger charge is -2.09. The summed E-state index contributed by atoms with van der Waals surface area (Å²) in [5, 5.41) is 9.52. The van der Waals surface area contributed by atoms with E-state index in [9.17, 15) is 9.18 Å². The van der Waals surface area contributed by atoms with Crippen molar-refractivity contribution in [2.24, 2.45) is 0 Å². The fourth-order valence-corrected chi connectivity index (χ4v) is 1.76. The summed E-state index contributed by atoms with van der Waals surface area (Å²) in [6.07, 6.45) is 0. The Hall–Kier alpha value is -2.17. The molecule has 4 nitrogen and oxygen atoms in total. The first-order valence-electron chi connectivity index (χ1n) is 4.91. The molecule has 0 spiro atoms. The van der Waals surface area contributed by atoms with Gasteiger partial charge in [0, 0.05) is 17.5 Å². The molecule has 88 valence electrons. The number of aromatic carboxylic acids is 1. The number of ether oxygens (including phenoxy) is 1. The van der Waals surface area contributed by atoms with Crippen LogP contribution in [0.2, 0.25) is 0 Å². The predicted molar refractivity (Wildman–Crippen MR) is 59.9 cm³/mol. The standard InChI is InChI=1S/C12H10FNO3/c1-6-3-7(13)4-8-11(6)10(17-2)5-9(14-8)12(15)16/h3-5H,1-2H3,(H,15,16). The van der Waals surface area contributed by atoms with Gasteiger partial charge in [-0.3, -0.25) is 0 Å². The Balaban J connectivity index is 2.87. The molecule has 0 fully saturated rings. The van der Waals surface area contributed by atoms with Crippen molar-refractivity contribution in [1.29, 1.82) is 0 Å². The zero-order valence-electron chi connectivity index (χ0n) is 9.32. The predicted octanol–water partition coefficient (Wildman–Crippen LogP) is 2.39. The van der Waals surface area contributed by atoms with Gasteiger partial charge in [-0.2, -0.15) is 0 Å². The molecule has 0 saturated heterocycles. The number of rotatable bonds is 2. The van der Waals surface area contributed by atoms with Crippen molar-refractivity contribution in [1.82, 2.24) is 4.98 Å². The Kier molecular flexibility index (Phi) is 2.67. The lowest BCUT2D eigenvalue weighted by atomic mass is 10.1. The van der Waals surface area contributed by atoms with E-state index in [-0.39, 0.29) is 11.2 Å². The molecule has 1 N–H and O–H groups in total. The SMILES string of the molecule is COc1cc(C(=O)O)nc2cc(F)cc(C)c12. The molecule has 2 rings (SSSR count). The molecule has 0 atom stereocenters. The first-order chi connectivity index (χ1) is 8.02. The number of aromatic nitrogens is 1. The summed E-state index contributed by atoms with van der Waals surface area (Å²) in [4.78, 5) is 14.8. The Morgan fingerprint density at radius 3 is 2.71 bits per heavy atom. The van der Waals surface area contributed by atoms with E-state index in [0.717, 1.165) is 0 Å². The van der Waals surface area contributed by atoms with Crippen LogP contribution in [0.1, 0.15) is 16.1 Å². The molecule has 1 aromatic carbocycles. The van der Waals surface area contributed by atoms with Crippen LogP contribution in [-0.4, -0.2) is 23.2 Å². The average molecular weight is 235 g/mol. The van der Waals surface area contributed by atoms with E-state index in [4.69, 9.17) is 9.84 Å². The van der Waals surface area contributed by atoms with E-state index in [1.807, 2.05) is 0 Å². The summed E-state index contributed by atoms with van der Waals surface area (Å²) in [5.41, 5.74) is 0.764. The highest BCUT2D eigenvalue weighted by molar-refractivity contribution is 5.94. The molecule has 0 aliphatic rings. The van der Waals surface area contributed by atoms with E-state index < -0.39 is 11.8 Å². The maximum absolute atomic E-state index is 13.2. The zero-order chi connectivity index (χ0) is 12.6. The number of carboxylic acids is 1. The number of carboxylic acid groups (broad SMARTS) is 1. The summed E-state index contributed by atoms with van der Waals surface area (Å²) in [5.74, 6) is -1.25. The van der Waals surface area contributed by atoms with Crippen molar-refractivity contribution in [3.05, 3.63) is 35.3 Å². The van der Waals surface area contributed by atoms with E-state index in [1.165, 1.54) is 25.3 Å². The normalized spacial score (nSPS) is 10.5. The number of nitrogens with zero attached hydrogens (tertiary/aromatic N) is 1. The van der Waals surface area contributed by atoms with E-state index in [1.54, 1.807) is 6.92 Å². The number of benzene rings is 1. The van der Waals surface area contributed by atoms with Crippen LogP contribution < -0.4 is 4.74 Å². The lowest BCUT2D eigenvalue weighted by Crippen LogP contribution is -2.02. The molecule has 0 aliphatic carbocycles. The van der Waals surface area contributed by atoms with Gasteiger partial charge < -0.3 is 9.84 Å². The maximum Gasteiger partial charge on any atom is 0.354 e. The fourth-order valence-electron chi connectivity index (χ4n) is 1.76. The van der Waals surface area contributed by atoms with Gasteiger partial charge in [0.2, 0.25) is 0 Å². The molecular formula is C12H10FNO3. The third-order valence-corrected chi connectivity index (χ3v) is 2.47. The molecular weight excluding hydrogens is 225 g/mol. The van der Waals surface area contributed by atoms with E-state index >= 15 is 0 Å². The highest BCUT2D eigenvalue weighted by Crippen LogP contribution is 2.29. The Morgan fingerprint density at radius 2 is 2.12 bits per heavy atom. The van der Waals surface area contributed by atoms with Crippen LogP contribution in [0.5, 0.6) is 5.75 Å². The highest BCUT2D eigenvalue weighted by Gasteiger charge is 2.13. The number of pyridine rings is 1. The van der Waals surface area contributed by atoms with Crippen molar-refractivity contribution in [3.8, 4) is 5.75 Å². The average Bonchev–Trinajstić information content (AvgIpc) is 2.26. The Bertz CT molecular complexity index is 610. The number of halogens is 1. The molecule has 5 heteroatoms. The fraction of sp³-hybridized carbons (Fsp3) is 0.167. The van der Waals surface area contributed by atoms with Crippen molar-refractivity contribution < 1.29 is 19.0 Å². The van der Waals surface area contributed by atoms with Crippen molar-refractivity contribution >= 4 is 16.9 Å². The van der Waals surface area contributed by atoms with Gasteiger partial charge in [-0.25, -0.2) is 14.2 Å². The van der Waals surface area contributed by atoms with Gasteiger partial charge in [0.25, 0.3) is 0 Å². The summed E-state index contributed by atoms with van der Waals surface area (Å²) in [6, 6.07) is 3.87. The van der Waals surface area contributed by atoms with Crippen LogP contribution in [0.3, 0.4) is 0 Å². The van der Waals surface area contributed by atoms with Crippen molar-refractivity contribution in [3.63, 3.8) is 0 Å². The number of hydrogen-bond acceptors (Lipinski definition) is 3. The van der Waals surface area contributed by atoms with Crippen LogP contribution in [0.15, 0.2) is 18.2 Å². The molecule has 1 heterocycles. The first-order valence-corrected chi connectivity index (χ1v) is 4.91. The van der Waals surface area contributed by atoms with E-state index in [2.05, 4.69) is 4.98 Å². The van der Waals surface area contributed by atoms with Gasteiger partial charge in [-0.1, -0.05) is 0 Å². The molecule has 2 aromatic rings. The molecule has 0 amide bonds. The number of carbonyl (C=O) groups is 1. The van der Waals surface area contributed by atoms with Crippen molar-refractivity contribution in [2.75, 3.05) is 7.11 Å². The van der Waals surface area contributed by atoms with E-state index in [0.29, 0.717) is 16.7 Å². The van der Waals surface area contributed by atoms with Gasteiger partial charge >= 0.3 is 5.97 Å². The summed E-state index contributed by atoms with van der Waals surface area (Å²) in [6.45, 7) is 1.72. The van der Waals surface area contributed by atoms with Crippen molar-refractivity contribution in [2.45, 2.75) is 6.92 Å².